The van der Waals surface area contributed by atoms with Crippen molar-refractivity contribution in [1.29, 1.82) is 0 Å². The first-order valence-electron chi connectivity index (χ1n) is 11.4. The van der Waals surface area contributed by atoms with Crippen LogP contribution in [0.4, 0.5) is 5.82 Å². The predicted molar refractivity (Wildman–Crippen MR) is 124 cm³/mol. The van der Waals surface area contributed by atoms with Crippen LogP contribution >= 0.6 is 0 Å². The van der Waals surface area contributed by atoms with Crippen LogP contribution < -0.4 is 9.64 Å². The molecule has 0 aliphatic carbocycles. The van der Waals surface area contributed by atoms with Crippen LogP contribution in [0.1, 0.15) is 19.8 Å². The fourth-order valence-electron chi connectivity index (χ4n) is 4.22. The zero-order chi connectivity index (χ0) is 23.2. The number of hydrogen-bond donors (Lipinski definition) is 0. The maximum Gasteiger partial charge on any atom is 0.242 e. The minimum absolute atomic E-state index is 0.0256. The number of anilines is 1. The van der Waals surface area contributed by atoms with Crippen LogP contribution in [-0.4, -0.2) is 90.9 Å². The van der Waals surface area contributed by atoms with Gasteiger partial charge in [0.05, 0.1) is 25.5 Å². The van der Waals surface area contributed by atoms with E-state index in [4.69, 9.17) is 9.47 Å². The molecule has 2 amide bonds. The molecule has 9 heteroatoms. The van der Waals surface area contributed by atoms with Crippen LogP contribution in [-0.2, 0) is 14.3 Å². The summed E-state index contributed by atoms with van der Waals surface area (Å²) in [6.07, 6.45) is 1.99. The fourth-order valence-corrected chi connectivity index (χ4v) is 4.22. The van der Waals surface area contributed by atoms with E-state index in [0.717, 1.165) is 42.3 Å². The fraction of sp³-hybridized carbons (Fsp3) is 0.500. The van der Waals surface area contributed by atoms with Crippen molar-refractivity contribution in [2.75, 3.05) is 57.9 Å². The van der Waals surface area contributed by atoms with Crippen molar-refractivity contribution < 1.29 is 19.1 Å². The Hall–Kier alpha value is -3.20. The number of hydrogen-bond acceptors (Lipinski definition) is 7. The Morgan fingerprint density at radius 1 is 1.15 bits per heavy atom. The Kier molecular flexibility index (Phi) is 7.39. The SMILES string of the molecule is COc1cccc(-c2ccc(N3CCN(C(=O)CN(CC4CCCO4)C(C)=O)CC3)nn2)c1. The molecule has 176 valence electrons. The molecule has 1 aromatic heterocycles. The number of aromatic nitrogens is 2. The molecule has 2 aliphatic heterocycles. The molecule has 0 spiro atoms. The molecule has 2 saturated heterocycles. The third-order valence-corrected chi connectivity index (χ3v) is 6.19. The average molecular weight is 454 g/mol. The van der Waals surface area contributed by atoms with Gasteiger partial charge in [-0.25, -0.2) is 0 Å². The van der Waals surface area contributed by atoms with Gasteiger partial charge in [0.15, 0.2) is 5.82 Å². The van der Waals surface area contributed by atoms with Crippen LogP contribution in [0, 0.1) is 0 Å². The summed E-state index contributed by atoms with van der Waals surface area (Å²) in [5.41, 5.74) is 1.73. The number of methoxy groups -OCH3 is 1. The van der Waals surface area contributed by atoms with Crippen molar-refractivity contribution in [2.24, 2.45) is 0 Å². The molecule has 1 aromatic carbocycles. The Morgan fingerprint density at radius 3 is 2.61 bits per heavy atom. The Morgan fingerprint density at radius 2 is 1.97 bits per heavy atom. The quantitative estimate of drug-likeness (QED) is 0.632. The molecule has 1 atom stereocenters. The van der Waals surface area contributed by atoms with Gasteiger partial charge in [0.2, 0.25) is 11.8 Å². The molecule has 3 heterocycles. The van der Waals surface area contributed by atoms with Crippen molar-refractivity contribution in [3.63, 3.8) is 0 Å². The number of rotatable bonds is 7. The highest BCUT2D eigenvalue weighted by atomic mass is 16.5. The molecule has 9 nitrogen and oxygen atoms in total. The summed E-state index contributed by atoms with van der Waals surface area (Å²) in [5.74, 6) is 1.45. The molecule has 0 bridgehead atoms. The first-order chi connectivity index (χ1) is 16.0. The van der Waals surface area contributed by atoms with Crippen LogP contribution in [0.15, 0.2) is 36.4 Å². The number of ether oxygens (including phenoxy) is 2. The van der Waals surface area contributed by atoms with E-state index in [2.05, 4.69) is 15.1 Å². The molecule has 2 fully saturated rings. The van der Waals surface area contributed by atoms with Crippen LogP contribution in [0.5, 0.6) is 5.75 Å². The molecular weight excluding hydrogens is 422 g/mol. The van der Waals surface area contributed by atoms with Gasteiger partial charge >= 0.3 is 0 Å². The molecule has 1 unspecified atom stereocenters. The smallest absolute Gasteiger partial charge is 0.242 e. The minimum atomic E-state index is -0.0936. The Bertz CT molecular complexity index is 954. The number of carbonyl (C=O) groups is 2. The second kappa shape index (κ2) is 10.6. The summed E-state index contributed by atoms with van der Waals surface area (Å²) in [6, 6.07) is 11.6. The van der Waals surface area contributed by atoms with Gasteiger partial charge in [-0.1, -0.05) is 12.1 Å². The van der Waals surface area contributed by atoms with Crippen molar-refractivity contribution in [1.82, 2.24) is 20.0 Å². The first kappa shape index (κ1) is 23.0. The largest absolute Gasteiger partial charge is 0.497 e. The second-order valence-corrected chi connectivity index (χ2v) is 8.41. The zero-order valence-electron chi connectivity index (χ0n) is 19.3. The number of piperazine rings is 1. The lowest BCUT2D eigenvalue weighted by Crippen LogP contribution is -2.52. The lowest BCUT2D eigenvalue weighted by atomic mass is 10.1. The van der Waals surface area contributed by atoms with Gasteiger partial charge in [-0.3, -0.25) is 9.59 Å². The van der Waals surface area contributed by atoms with Gasteiger partial charge in [-0.2, -0.15) is 0 Å². The second-order valence-electron chi connectivity index (χ2n) is 8.41. The van der Waals surface area contributed by atoms with Crippen LogP contribution in [0.3, 0.4) is 0 Å². The highest BCUT2D eigenvalue weighted by Crippen LogP contribution is 2.23. The summed E-state index contributed by atoms with van der Waals surface area (Å²) in [4.78, 5) is 30.4. The van der Waals surface area contributed by atoms with E-state index in [1.54, 1.807) is 12.0 Å². The third kappa shape index (κ3) is 5.78. The molecule has 0 N–H and O–H groups in total. The normalized spacial score (nSPS) is 18.3. The Labute approximate surface area is 194 Å². The van der Waals surface area contributed by atoms with Gasteiger partial charge in [0.1, 0.15) is 5.75 Å². The van der Waals surface area contributed by atoms with E-state index in [1.807, 2.05) is 41.3 Å². The summed E-state index contributed by atoms with van der Waals surface area (Å²) in [6.45, 7) is 5.34. The molecule has 2 aromatic rings. The van der Waals surface area contributed by atoms with Crippen molar-refractivity contribution in [3.8, 4) is 17.0 Å². The number of carbonyl (C=O) groups excluding carboxylic acids is 2. The predicted octanol–water partition coefficient (Wildman–Crippen LogP) is 1.83. The van der Waals surface area contributed by atoms with E-state index in [-0.39, 0.29) is 24.5 Å². The van der Waals surface area contributed by atoms with Crippen LogP contribution in [0.2, 0.25) is 0 Å². The van der Waals surface area contributed by atoms with Crippen molar-refractivity contribution >= 4 is 17.6 Å². The maximum absolute atomic E-state index is 12.8. The van der Waals surface area contributed by atoms with Gasteiger partial charge in [-0.05, 0) is 37.1 Å². The minimum Gasteiger partial charge on any atom is -0.497 e. The monoisotopic (exact) mass is 453 g/mol. The lowest BCUT2D eigenvalue weighted by molar-refractivity contribution is -0.140. The summed E-state index contributed by atoms with van der Waals surface area (Å²) in [7, 11) is 1.64. The standard InChI is InChI=1S/C24H31N5O4/c1-18(30)29(16-21-7-4-14-33-21)17-24(31)28-12-10-27(11-13-28)23-9-8-22(25-26-23)19-5-3-6-20(15-19)32-2/h3,5-6,8-9,15,21H,4,7,10-14,16-17H2,1-2H3. The van der Waals surface area contributed by atoms with Crippen LogP contribution in [0.25, 0.3) is 11.3 Å². The highest BCUT2D eigenvalue weighted by Gasteiger charge is 2.27. The zero-order valence-corrected chi connectivity index (χ0v) is 19.3. The van der Waals surface area contributed by atoms with Gasteiger partial charge in [-0.15, -0.1) is 10.2 Å². The number of benzene rings is 1. The average Bonchev–Trinajstić information content (AvgIpc) is 3.37. The van der Waals surface area contributed by atoms with E-state index in [9.17, 15) is 9.59 Å². The van der Waals surface area contributed by atoms with E-state index in [0.29, 0.717) is 32.7 Å². The summed E-state index contributed by atoms with van der Waals surface area (Å²) in [5, 5.41) is 8.78. The maximum atomic E-state index is 12.8. The third-order valence-electron chi connectivity index (χ3n) is 6.19. The van der Waals surface area contributed by atoms with E-state index >= 15 is 0 Å². The summed E-state index contributed by atoms with van der Waals surface area (Å²) >= 11 is 0. The molecule has 0 radical (unpaired) electrons. The molecule has 4 rings (SSSR count). The first-order valence-corrected chi connectivity index (χ1v) is 11.4. The Balaban J connectivity index is 1.30. The van der Waals surface area contributed by atoms with E-state index in [1.165, 1.54) is 6.92 Å². The van der Waals surface area contributed by atoms with Crippen molar-refractivity contribution in [2.45, 2.75) is 25.9 Å². The van der Waals surface area contributed by atoms with Gasteiger partial charge in [0, 0.05) is 51.8 Å². The van der Waals surface area contributed by atoms with E-state index < -0.39 is 0 Å². The molecule has 33 heavy (non-hydrogen) atoms. The summed E-state index contributed by atoms with van der Waals surface area (Å²) < 4.78 is 10.9. The molecular formula is C24H31N5O4. The molecule has 0 saturated carbocycles. The lowest BCUT2D eigenvalue weighted by Gasteiger charge is -2.36. The van der Waals surface area contributed by atoms with Crippen molar-refractivity contribution in [3.05, 3.63) is 36.4 Å². The number of amides is 2. The van der Waals surface area contributed by atoms with Gasteiger partial charge in [0.25, 0.3) is 0 Å². The van der Waals surface area contributed by atoms with Gasteiger partial charge < -0.3 is 24.2 Å². The molecule has 2 aliphatic rings. The number of nitrogens with zero attached hydrogens (tertiary/aromatic N) is 5. The topological polar surface area (TPSA) is 88.1 Å². The highest BCUT2D eigenvalue weighted by molar-refractivity contribution is 5.84.